The van der Waals surface area contributed by atoms with Gasteiger partial charge in [-0.3, -0.25) is 4.79 Å². The van der Waals surface area contributed by atoms with Crippen molar-refractivity contribution in [3.8, 4) is 0 Å². The van der Waals surface area contributed by atoms with E-state index in [4.69, 9.17) is 0 Å². The van der Waals surface area contributed by atoms with Crippen molar-refractivity contribution in [1.82, 2.24) is 10.2 Å². The van der Waals surface area contributed by atoms with E-state index in [1.165, 1.54) is 0 Å². The van der Waals surface area contributed by atoms with Crippen LogP contribution in [0.3, 0.4) is 0 Å². The van der Waals surface area contributed by atoms with Crippen LogP contribution in [0.1, 0.15) is 24.9 Å². The number of urea groups is 1. The number of halogens is 2. The monoisotopic (exact) mass is 359 g/mol. The number of nitrogens with one attached hydrogen (secondary N) is 2. The third-order valence-electron chi connectivity index (χ3n) is 4.42. The van der Waals surface area contributed by atoms with Gasteiger partial charge < -0.3 is 15.5 Å². The van der Waals surface area contributed by atoms with E-state index in [9.17, 15) is 18.4 Å². The molecule has 3 rings (SSSR count). The fourth-order valence-electron chi connectivity index (χ4n) is 3.05. The molecule has 2 aromatic carbocycles. The van der Waals surface area contributed by atoms with Crippen LogP contribution in [-0.2, 0) is 4.79 Å². The van der Waals surface area contributed by atoms with Crippen LogP contribution in [0.2, 0.25) is 0 Å². The Bertz CT molecular complexity index is 814. The molecule has 0 aliphatic carbocycles. The molecular weight excluding hydrogens is 340 g/mol. The maximum absolute atomic E-state index is 13.6. The van der Waals surface area contributed by atoms with E-state index in [-0.39, 0.29) is 24.1 Å². The number of anilines is 1. The van der Waals surface area contributed by atoms with Crippen molar-refractivity contribution in [2.75, 3.05) is 11.9 Å². The molecule has 0 saturated carbocycles. The number of hydrogen-bond donors (Lipinski definition) is 2. The van der Waals surface area contributed by atoms with Crippen molar-refractivity contribution in [2.24, 2.45) is 0 Å². The number of benzene rings is 2. The summed E-state index contributed by atoms with van der Waals surface area (Å²) in [5.41, 5.74) is 0.758. The van der Waals surface area contributed by atoms with Crippen molar-refractivity contribution in [2.45, 2.75) is 25.4 Å². The Balaban J connectivity index is 1.60. The molecule has 26 heavy (non-hydrogen) atoms. The quantitative estimate of drug-likeness (QED) is 0.878. The Hall–Kier alpha value is -2.96. The third kappa shape index (κ3) is 3.99. The first-order valence-electron chi connectivity index (χ1n) is 8.31. The van der Waals surface area contributed by atoms with Gasteiger partial charge in [-0.25, -0.2) is 13.6 Å². The summed E-state index contributed by atoms with van der Waals surface area (Å²) in [7, 11) is 0. The second-order valence-corrected chi connectivity index (χ2v) is 6.26. The van der Waals surface area contributed by atoms with E-state index in [1.807, 2.05) is 37.3 Å². The summed E-state index contributed by atoms with van der Waals surface area (Å²) in [5, 5.41) is 4.91. The van der Waals surface area contributed by atoms with E-state index in [0.29, 0.717) is 6.54 Å². The van der Waals surface area contributed by atoms with E-state index in [2.05, 4.69) is 10.6 Å². The van der Waals surface area contributed by atoms with Crippen molar-refractivity contribution >= 4 is 17.6 Å². The van der Waals surface area contributed by atoms with Crippen LogP contribution < -0.4 is 10.6 Å². The second kappa shape index (κ2) is 7.51. The number of nitrogens with zero attached hydrogens (tertiary/aromatic N) is 1. The summed E-state index contributed by atoms with van der Waals surface area (Å²) in [6.07, 6.45) is 0.163. The maximum Gasteiger partial charge on any atom is 0.319 e. The van der Waals surface area contributed by atoms with Crippen LogP contribution in [0, 0.1) is 11.6 Å². The fourth-order valence-corrected chi connectivity index (χ4v) is 3.05. The molecule has 1 aliphatic rings. The van der Waals surface area contributed by atoms with Gasteiger partial charge in [-0.05, 0) is 24.6 Å². The smallest absolute Gasteiger partial charge is 0.319 e. The highest BCUT2D eigenvalue weighted by atomic mass is 19.1. The predicted molar refractivity (Wildman–Crippen MR) is 93.5 cm³/mol. The lowest BCUT2D eigenvalue weighted by Crippen LogP contribution is -2.40. The van der Waals surface area contributed by atoms with E-state index in [0.717, 1.165) is 23.8 Å². The van der Waals surface area contributed by atoms with Gasteiger partial charge >= 0.3 is 6.03 Å². The van der Waals surface area contributed by atoms with Crippen LogP contribution in [0.4, 0.5) is 19.3 Å². The number of carbonyl (C=O) groups is 2. The summed E-state index contributed by atoms with van der Waals surface area (Å²) in [4.78, 5) is 26.0. The lowest BCUT2D eigenvalue weighted by molar-refractivity contribution is -0.129. The molecule has 0 radical (unpaired) electrons. The third-order valence-corrected chi connectivity index (χ3v) is 4.42. The van der Waals surface area contributed by atoms with Gasteiger partial charge in [0.25, 0.3) is 0 Å². The molecule has 2 atom stereocenters. The zero-order chi connectivity index (χ0) is 18.7. The van der Waals surface area contributed by atoms with Crippen LogP contribution >= 0.6 is 0 Å². The zero-order valence-corrected chi connectivity index (χ0v) is 14.2. The number of rotatable bonds is 4. The minimum Gasteiger partial charge on any atom is -0.334 e. The van der Waals surface area contributed by atoms with Gasteiger partial charge in [0.05, 0.1) is 17.8 Å². The van der Waals surface area contributed by atoms with Gasteiger partial charge in [0.15, 0.2) is 0 Å². The molecule has 0 bridgehead atoms. The van der Waals surface area contributed by atoms with Crippen molar-refractivity contribution in [3.63, 3.8) is 0 Å². The molecule has 1 saturated heterocycles. The van der Waals surface area contributed by atoms with Crippen molar-refractivity contribution < 1.29 is 18.4 Å². The molecule has 1 aliphatic heterocycles. The first-order chi connectivity index (χ1) is 12.4. The van der Waals surface area contributed by atoms with E-state index in [1.54, 1.807) is 4.90 Å². The first kappa shape index (κ1) is 17.8. The van der Waals surface area contributed by atoms with Gasteiger partial charge in [0, 0.05) is 19.0 Å². The second-order valence-electron chi connectivity index (χ2n) is 6.26. The molecule has 5 nitrogen and oxygen atoms in total. The fraction of sp³-hybridized carbons (Fsp3) is 0.263. The van der Waals surface area contributed by atoms with Crippen LogP contribution in [-0.4, -0.2) is 29.4 Å². The molecule has 0 spiro atoms. The minimum absolute atomic E-state index is 0.0661. The Morgan fingerprint density at radius 2 is 1.92 bits per heavy atom. The summed E-state index contributed by atoms with van der Waals surface area (Å²) in [6, 6.07) is 11.2. The maximum atomic E-state index is 13.6. The molecule has 3 amide bonds. The molecule has 136 valence electrons. The van der Waals surface area contributed by atoms with Gasteiger partial charge in [0.2, 0.25) is 5.91 Å². The number of carbonyl (C=O) groups excluding carboxylic acids is 2. The summed E-state index contributed by atoms with van der Waals surface area (Å²) >= 11 is 0. The Labute approximate surface area is 150 Å². The highest BCUT2D eigenvalue weighted by molar-refractivity contribution is 5.90. The molecule has 2 unspecified atom stereocenters. The normalized spacial score (nSPS) is 17.9. The summed E-state index contributed by atoms with van der Waals surface area (Å²) in [5.74, 6) is -1.45. The molecular formula is C19H19F2N3O2. The average Bonchev–Trinajstić information content (AvgIpc) is 2.98. The topological polar surface area (TPSA) is 61.4 Å². The SMILES string of the molecule is CC(c1ccccc1)N1CC(NC(=O)Nc2cc(F)ccc2F)CC1=O. The summed E-state index contributed by atoms with van der Waals surface area (Å²) in [6.45, 7) is 2.28. The standard InChI is InChI=1S/C19H19F2N3O2/c1-12(13-5-3-2-4-6-13)24-11-15(10-18(24)25)22-19(26)23-17-9-14(20)7-8-16(17)21/h2-9,12,15H,10-11H2,1H3,(H2,22,23,26). The van der Waals surface area contributed by atoms with Gasteiger partial charge in [-0.15, -0.1) is 0 Å². The number of amides is 3. The predicted octanol–water partition coefficient (Wildman–Crippen LogP) is 3.45. The van der Waals surface area contributed by atoms with Crippen molar-refractivity contribution in [3.05, 3.63) is 65.7 Å². The zero-order valence-electron chi connectivity index (χ0n) is 14.2. The highest BCUT2D eigenvalue weighted by Crippen LogP contribution is 2.25. The minimum atomic E-state index is -0.733. The highest BCUT2D eigenvalue weighted by Gasteiger charge is 2.34. The molecule has 1 fully saturated rings. The summed E-state index contributed by atoms with van der Waals surface area (Å²) < 4.78 is 26.8. The van der Waals surface area contributed by atoms with E-state index >= 15 is 0 Å². The van der Waals surface area contributed by atoms with Crippen molar-refractivity contribution in [1.29, 1.82) is 0 Å². The Morgan fingerprint density at radius 3 is 2.65 bits per heavy atom. The average molecular weight is 359 g/mol. The van der Waals surface area contributed by atoms with E-state index < -0.39 is 23.7 Å². The lowest BCUT2D eigenvalue weighted by atomic mass is 10.1. The number of hydrogen-bond acceptors (Lipinski definition) is 2. The Kier molecular flexibility index (Phi) is 5.16. The molecule has 2 N–H and O–H groups in total. The van der Waals surface area contributed by atoms with Crippen LogP contribution in [0.15, 0.2) is 48.5 Å². The number of likely N-dealkylation sites (tertiary alicyclic amines) is 1. The molecule has 1 heterocycles. The van der Waals surface area contributed by atoms with Crippen LogP contribution in [0.5, 0.6) is 0 Å². The van der Waals surface area contributed by atoms with Gasteiger partial charge in [-0.2, -0.15) is 0 Å². The van der Waals surface area contributed by atoms with Gasteiger partial charge in [0.1, 0.15) is 11.6 Å². The largest absolute Gasteiger partial charge is 0.334 e. The Morgan fingerprint density at radius 1 is 1.19 bits per heavy atom. The molecule has 0 aromatic heterocycles. The lowest BCUT2D eigenvalue weighted by Gasteiger charge is -2.25. The molecule has 7 heteroatoms. The van der Waals surface area contributed by atoms with Crippen LogP contribution in [0.25, 0.3) is 0 Å². The molecule has 2 aromatic rings. The first-order valence-corrected chi connectivity index (χ1v) is 8.31. The van der Waals surface area contributed by atoms with Gasteiger partial charge in [-0.1, -0.05) is 30.3 Å².